The Kier molecular flexibility index (Phi) is 3.75. The molecule has 1 aromatic heterocycles. The van der Waals surface area contributed by atoms with E-state index in [4.69, 9.17) is 11.6 Å². The van der Waals surface area contributed by atoms with Gasteiger partial charge in [-0.05, 0) is 37.5 Å². The quantitative estimate of drug-likeness (QED) is 0.909. The van der Waals surface area contributed by atoms with Crippen molar-refractivity contribution in [1.82, 2.24) is 9.97 Å². The summed E-state index contributed by atoms with van der Waals surface area (Å²) in [6.45, 7) is 1.91. The Bertz CT molecular complexity index is 668. The van der Waals surface area contributed by atoms with Crippen molar-refractivity contribution in [3.05, 3.63) is 46.7 Å². The summed E-state index contributed by atoms with van der Waals surface area (Å²) in [4.78, 5) is 20.4. The Balaban J connectivity index is 1.67. The zero-order chi connectivity index (χ0) is 14.8. The minimum Gasteiger partial charge on any atom is -0.351 e. The van der Waals surface area contributed by atoms with E-state index in [-0.39, 0.29) is 5.91 Å². The number of halogens is 1. The number of aromatic nitrogens is 2. The lowest BCUT2D eigenvalue weighted by Crippen LogP contribution is -2.13. The maximum atomic E-state index is 12.1. The van der Waals surface area contributed by atoms with E-state index >= 15 is 0 Å². The molecule has 2 N–H and O–H groups in total. The summed E-state index contributed by atoms with van der Waals surface area (Å²) in [5.74, 6) is 0.306. The highest BCUT2D eigenvalue weighted by molar-refractivity contribution is 6.31. The lowest BCUT2D eigenvalue weighted by Gasteiger charge is -2.07. The molecular weight excluding hydrogens is 288 g/mol. The van der Waals surface area contributed by atoms with Crippen molar-refractivity contribution in [2.24, 2.45) is 0 Å². The first-order valence-electron chi connectivity index (χ1n) is 6.78. The van der Waals surface area contributed by atoms with Gasteiger partial charge in [0.1, 0.15) is 0 Å². The summed E-state index contributed by atoms with van der Waals surface area (Å²) in [6.07, 6.45) is 5.34. The van der Waals surface area contributed by atoms with E-state index in [2.05, 4.69) is 20.6 Å². The third-order valence-electron chi connectivity index (χ3n) is 3.25. The molecule has 0 unspecified atom stereocenters. The van der Waals surface area contributed by atoms with Crippen LogP contribution in [0.3, 0.4) is 0 Å². The van der Waals surface area contributed by atoms with Gasteiger partial charge >= 0.3 is 0 Å². The van der Waals surface area contributed by atoms with Crippen molar-refractivity contribution in [3.8, 4) is 0 Å². The van der Waals surface area contributed by atoms with Crippen LogP contribution in [0.1, 0.15) is 28.8 Å². The average Bonchev–Trinajstić information content (AvgIpc) is 3.28. The molecule has 3 rings (SSSR count). The van der Waals surface area contributed by atoms with Crippen LogP contribution in [0.5, 0.6) is 0 Å². The van der Waals surface area contributed by atoms with Crippen molar-refractivity contribution in [1.29, 1.82) is 0 Å². The zero-order valence-corrected chi connectivity index (χ0v) is 12.3. The Morgan fingerprint density at radius 3 is 2.62 bits per heavy atom. The van der Waals surface area contributed by atoms with E-state index in [9.17, 15) is 4.79 Å². The molecule has 1 fully saturated rings. The monoisotopic (exact) mass is 302 g/mol. The van der Waals surface area contributed by atoms with Crippen LogP contribution in [0.4, 0.5) is 11.6 Å². The van der Waals surface area contributed by atoms with Gasteiger partial charge in [-0.2, -0.15) is 0 Å². The molecule has 1 heterocycles. The Morgan fingerprint density at radius 2 is 2.00 bits per heavy atom. The normalized spacial score (nSPS) is 13.8. The third kappa shape index (κ3) is 3.49. The van der Waals surface area contributed by atoms with E-state index in [0.29, 0.717) is 28.3 Å². The van der Waals surface area contributed by atoms with Gasteiger partial charge < -0.3 is 10.6 Å². The van der Waals surface area contributed by atoms with Crippen molar-refractivity contribution in [2.45, 2.75) is 25.8 Å². The van der Waals surface area contributed by atoms with Gasteiger partial charge in [0.25, 0.3) is 5.91 Å². The molecule has 6 heteroatoms. The van der Waals surface area contributed by atoms with Crippen LogP contribution in [0, 0.1) is 6.92 Å². The molecule has 0 bridgehead atoms. The number of rotatable bonds is 4. The van der Waals surface area contributed by atoms with Gasteiger partial charge in [0, 0.05) is 29.1 Å². The second-order valence-corrected chi connectivity index (χ2v) is 5.54. The molecule has 108 valence electrons. The molecule has 0 aliphatic heterocycles. The van der Waals surface area contributed by atoms with Crippen molar-refractivity contribution >= 4 is 29.1 Å². The van der Waals surface area contributed by atoms with Crippen LogP contribution >= 0.6 is 11.6 Å². The van der Waals surface area contributed by atoms with Crippen LogP contribution in [0.15, 0.2) is 30.6 Å². The zero-order valence-electron chi connectivity index (χ0n) is 11.6. The number of hydrogen-bond donors (Lipinski definition) is 2. The minimum atomic E-state index is -0.257. The Hall–Kier alpha value is -2.14. The summed E-state index contributed by atoms with van der Waals surface area (Å²) < 4.78 is 0. The third-order valence-corrected chi connectivity index (χ3v) is 3.66. The van der Waals surface area contributed by atoms with E-state index < -0.39 is 0 Å². The molecule has 2 aromatic rings. The molecule has 5 nitrogen and oxygen atoms in total. The summed E-state index contributed by atoms with van der Waals surface area (Å²) >= 11 is 6.03. The molecule has 21 heavy (non-hydrogen) atoms. The highest BCUT2D eigenvalue weighted by atomic mass is 35.5. The summed E-state index contributed by atoms with van der Waals surface area (Å²) in [5, 5.41) is 6.57. The second kappa shape index (κ2) is 5.69. The Labute approximate surface area is 127 Å². The number of benzene rings is 1. The maximum Gasteiger partial charge on any atom is 0.258 e. The Morgan fingerprint density at radius 1 is 1.29 bits per heavy atom. The number of nitrogens with one attached hydrogen (secondary N) is 2. The van der Waals surface area contributed by atoms with Crippen LogP contribution in [0.25, 0.3) is 0 Å². The molecule has 0 radical (unpaired) electrons. The summed E-state index contributed by atoms with van der Waals surface area (Å²) in [7, 11) is 0. The van der Waals surface area contributed by atoms with E-state index in [0.717, 1.165) is 18.4 Å². The molecule has 0 saturated heterocycles. The predicted molar refractivity (Wildman–Crippen MR) is 82.8 cm³/mol. The standard InChI is InChI=1S/C15H15ClN4O/c1-9-2-3-12(6-13(9)16)19-14(21)10-7-17-15(18-8-10)20-11-4-5-11/h2-3,6-8,11H,4-5H2,1H3,(H,19,21)(H,17,18,20). The molecule has 0 atom stereocenters. The number of hydrogen-bond acceptors (Lipinski definition) is 4. The fourth-order valence-electron chi connectivity index (χ4n) is 1.80. The average molecular weight is 303 g/mol. The highest BCUT2D eigenvalue weighted by Gasteiger charge is 2.21. The number of nitrogens with zero attached hydrogens (tertiary/aromatic N) is 2. The van der Waals surface area contributed by atoms with Crippen molar-refractivity contribution in [2.75, 3.05) is 10.6 Å². The molecule has 1 amide bonds. The number of carbonyl (C=O) groups is 1. The molecule has 1 aliphatic rings. The first kappa shape index (κ1) is 13.8. The van der Waals surface area contributed by atoms with Crippen molar-refractivity contribution < 1.29 is 4.79 Å². The number of anilines is 2. The van der Waals surface area contributed by atoms with Gasteiger partial charge in [0.15, 0.2) is 0 Å². The van der Waals surface area contributed by atoms with E-state index in [1.54, 1.807) is 6.07 Å². The lowest BCUT2D eigenvalue weighted by atomic mass is 10.2. The first-order chi connectivity index (χ1) is 10.1. The smallest absolute Gasteiger partial charge is 0.258 e. The van der Waals surface area contributed by atoms with E-state index in [1.165, 1.54) is 12.4 Å². The topological polar surface area (TPSA) is 66.9 Å². The summed E-state index contributed by atoms with van der Waals surface area (Å²) in [5.41, 5.74) is 2.03. The van der Waals surface area contributed by atoms with Crippen LogP contribution in [0.2, 0.25) is 5.02 Å². The van der Waals surface area contributed by atoms with Gasteiger partial charge in [-0.3, -0.25) is 4.79 Å². The molecule has 1 saturated carbocycles. The maximum absolute atomic E-state index is 12.1. The van der Waals surface area contributed by atoms with Crippen LogP contribution < -0.4 is 10.6 Å². The second-order valence-electron chi connectivity index (χ2n) is 5.13. The van der Waals surface area contributed by atoms with E-state index in [1.807, 2.05) is 19.1 Å². The fraction of sp³-hybridized carbons (Fsp3) is 0.267. The van der Waals surface area contributed by atoms with Gasteiger partial charge in [-0.15, -0.1) is 0 Å². The molecule has 0 spiro atoms. The minimum absolute atomic E-state index is 0.257. The molecular formula is C15H15ClN4O. The lowest BCUT2D eigenvalue weighted by molar-refractivity contribution is 0.102. The number of amides is 1. The largest absolute Gasteiger partial charge is 0.351 e. The summed E-state index contributed by atoms with van der Waals surface area (Å²) in [6, 6.07) is 5.87. The molecule has 1 aliphatic carbocycles. The van der Waals surface area contributed by atoms with Gasteiger partial charge in [0.2, 0.25) is 5.95 Å². The van der Waals surface area contributed by atoms with Crippen LogP contribution in [-0.2, 0) is 0 Å². The van der Waals surface area contributed by atoms with Gasteiger partial charge in [0.05, 0.1) is 5.56 Å². The predicted octanol–water partition coefficient (Wildman–Crippen LogP) is 3.27. The first-order valence-corrected chi connectivity index (χ1v) is 7.16. The van der Waals surface area contributed by atoms with Crippen molar-refractivity contribution in [3.63, 3.8) is 0 Å². The number of carbonyl (C=O) groups excluding carboxylic acids is 1. The highest BCUT2D eigenvalue weighted by Crippen LogP contribution is 2.23. The molecule has 1 aromatic carbocycles. The van der Waals surface area contributed by atoms with Gasteiger partial charge in [-0.25, -0.2) is 9.97 Å². The van der Waals surface area contributed by atoms with Gasteiger partial charge in [-0.1, -0.05) is 17.7 Å². The SMILES string of the molecule is Cc1ccc(NC(=O)c2cnc(NC3CC3)nc2)cc1Cl. The fourth-order valence-corrected chi connectivity index (χ4v) is 1.98. The van der Waals surface area contributed by atoms with Crippen LogP contribution in [-0.4, -0.2) is 21.9 Å². The number of aryl methyl sites for hydroxylation is 1.